The molecule has 0 amide bonds. The Bertz CT molecular complexity index is 315. The fraction of sp³-hybridized carbons (Fsp3) is 0.818. The van der Waals surface area contributed by atoms with E-state index in [1.54, 1.807) is 0 Å². The molecule has 4 nitrogen and oxygen atoms in total. The van der Waals surface area contributed by atoms with Gasteiger partial charge in [-0.3, -0.25) is 4.90 Å². The van der Waals surface area contributed by atoms with Gasteiger partial charge in [-0.15, -0.1) is 0 Å². The molecule has 15 heavy (non-hydrogen) atoms. The average Bonchev–Trinajstić information content (AvgIpc) is 2.65. The lowest BCUT2D eigenvalue weighted by Gasteiger charge is -2.33. The third kappa shape index (κ3) is 2.37. The highest BCUT2D eigenvalue weighted by Gasteiger charge is 2.24. The van der Waals surface area contributed by atoms with Gasteiger partial charge in [0.25, 0.3) is 0 Å². The van der Waals surface area contributed by atoms with Crippen LogP contribution >= 0.6 is 0 Å². The molecule has 0 spiro atoms. The van der Waals surface area contributed by atoms with Gasteiger partial charge in [-0.2, -0.15) is 4.98 Å². The Morgan fingerprint density at radius 1 is 1.40 bits per heavy atom. The van der Waals surface area contributed by atoms with Crippen LogP contribution in [0.1, 0.15) is 44.4 Å². The fourth-order valence-corrected chi connectivity index (χ4v) is 2.05. The Morgan fingerprint density at radius 3 is 2.60 bits per heavy atom. The zero-order valence-corrected chi connectivity index (χ0v) is 9.73. The van der Waals surface area contributed by atoms with E-state index in [0.717, 1.165) is 30.7 Å². The smallest absolute Gasteiger partial charge is 0.243 e. The molecule has 1 atom stereocenters. The van der Waals surface area contributed by atoms with Crippen LogP contribution < -0.4 is 0 Å². The molecule has 0 aromatic carbocycles. The Labute approximate surface area is 90.7 Å². The van der Waals surface area contributed by atoms with E-state index in [1.807, 2.05) is 6.92 Å². The second-order valence-electron chi connectivity index (χ2n) is 4.57. The fourth-order valence-electron chi connectivity index (χ4n) is 2.05. The normalized spacial score (nSPS) is 21.8. The molecule has 2 heterocycles. The first kappa shape index (κ1) is 10.6. The number of aromatic nitrogens is 2. The summed E-state index contributed by atoms with van der Waals surface area (Å²) in [6.45, 7) is 8.60. The van der Waals surface area contributed by atoms with Gasteiger partial charge in [0, 0.05) is 0 Å². The topological polar surface area (TPSA) is 42.2 Å². The molecule has 0 N–H and O–H groups in total. The van der Waals surface area contributed by atoms with Crippen molar-refractivity contribution in [2.24, 2.45) is 5.92 Å². The maximum Gasteiger partial charge on any atom is 0.243 e. The minimum atomic E-state index is 0.263. The van der Waals surface area contributed by atoms with Gasteiger partial charge in [-0.25, -0.2) is 0 Å². The van der Waals surface area contributed by atoms with E-state index in [-0.39, 0.29) is 6.04 Å². The van der Waals surface area contributed by atoms with Crippen molar-refractivity contribution >= 4 is 0 Å². The van der Waals surface area contributed by atoms with Crippen molar-refractivity contribution in [3.8, 4) is 0 Å². The van der Waals surface area contributed by atoms with E-state index in [4.69, 9.17) is 4.52 Å². The van der Waals surface area contributed by atoms with E-state index in [1.165, 1.54) is 12.8 Å². The van der Waals surface area contributed by atoms with Crippen molar-refractivity contribution < 1.29 is 4.52 Å². The van der Waals surface area contributed by atoms with Gasteiger partial charge in [0.05, 0.1) is 6.04 Å². The number of hydrogen-bond donors (Lipinski definition) is 0. The lowest BCUT2D eigenvalue weighted by molar-refractivity contribution is 0.124. The van der Waals surface area contributed by atoms with Gasteiger partial charge < -0.3 is 4.52 Å². The molecular weight excluding hydrogens is 190 g/mol. The second-order valence-corrected chi connectivity index (χ2v) is 4.57. The van der Waals surface area contributed by atoms with Crippen LogP contribution in [0.25, 0.3) is 0 Å². The van der Waals surface area contributed by atoms with Crippen LogP contribution in [0.3, 0.4) is 0 Å². The van der Waals surface area contributed by atoms with Gasteiger partial charge in [0.15, 0.2) is 5.82 Å². The van der Waals surface area contributed by atoms with Gasteiger partial charge in [0.2, 0.25) is 5.89 Å². The van der Waals surface area contributed by atoms with Crippen molar-refractivity contribution in [1.29, 1.82) is 0 Å². The number of piperidine rings is 1. The first-order chi connectivity index (χ1) is 7.16. The largest absolute Gasteiger partial charge is 0.338 e. The molecule has 0 aliphatic carbocycles. The number of likely N-dealkylation sites (tertiary alicyclic amines) is 1. The highest BCUT2D eigenvalue weighted by Crippen LogP contribution is 2.25. The minimum Gasteiger partial charge on any atom is -0.338 e. The molecule has 1 aliphatic heterocycles. The summed E-state index contributed by atoms with van der Waals surface area (Å²) in [5.74, 6) is 2.34. The first-order valence-electron chi connectivity index (χ1n) is 5.71. The zero-order valence-electron chi connectivity index (χ0n) is 9.73. The quantitative estimate of drug-likeness (QED) is 0.748. The number of nitrogens with zero attached hydrogens (tertiary/aromatic N) is 3. The summed E-state index contributed by atoms with van der Waals surface area (Å²) in [5.41, 5.74) is 0. The number of aryl methyl sites for hydroxylation is 1. The summed E-state index contributed by atoms with van der Waals surface area (Å²) < 4.78 is 5.20. The number of rotatable bonds is 2. The molecule has 1 aromatic rings. The molecule has 1 saturated heterocycles. The van der Waals surface area contributed by atoms with E-state index in [9.17, 15) is 0 Å². The van der Waals surface area contributed by atoms with E-state index in [2.05, 4.69) is 28.9 Å². The van der Waals surface area contributed by atoms with Crippen LogP contribution in [0.2, 0.25) is 0 Å². The Morgan fingerprint density at radius 2 is 2.07 bits per heavy atom. The molecule has 1 fully saturated rings. The van der Waals surface area contributed by atoms with E-state index < -0.39 is 0 Å². The van der Waals surface area contributed by atoms with Crippen molar-refractivity contribution in [2.45, 2.75) is 39.7 Å². The third-order valence-corrected chi connectivity index (χ3v) is 3.27. The van der Waals surface area contributed by atoms with Crippen molar-refractivity contribution in [1.82, 2.24) is 15.0 Å². The van der Waals surface area contributed by atoms with Crippen LogP contribution in [0.4, 0.5) is 0 Å². The third-order valence-electron chi connectivity index (χ3n) is 3.27. The molecule has 4 heteroatoms. The molecule has 1 aromatic heterocycles. The zero-order chi connectivity index (χ0) is 10.8. The standard InChI is InChI=1S/C11H19N3O/c1-8-4-6-14(7-5-8)9(2)11-12-10(3)13-15-11/h8-9H,4-7H2,1-3H3/t9-/m0/s1. The summed E-state index contributed by atoms with van der Waals surface area (Å²) in [7, 11) is 0. The Hall–Kier alpha value is -0.900. The average molecular weight is 209 g/mol. The Balaban J connectivity index is 1.99. The van der Waals surface area contributed by atoms with Crippen molar-refractivity contribution in [3.05, 3.63) is 11.7 Å². The second kappa shape index (κ2) is 4.31. The van der Waals surface area contributed by atoms with Crippen LogP contribution in [-0.4, -0.2) is 28.1 Å². The molecule has 2 rings (SSSR count). The maximum absolute atomic E-state index is 5.20. The molecule has 0 bridgehead atoms. The summed E-state index contributed by atoms with van der Waals surface area (Å²) in [5, 5.41) is 3.83. The van der Waals surface area contributed by atoms with Crippen LogP contribution in [-0.2, 0) is 0 Å². The molecule has 0 radical (unpaired) electrons. The molecule has 1 aliphatic rings. The van der Waals surface area contributed by atoms with Gasteiger partial charge in [0.1, 0.15) is 0 Å². The summed E-state index contributed by atoms with van der Waals surface area (Å²) in [4.78, 5) is 6.71. The highest BCUT2D eigenvalue weighted by molar-refractivity contribution is 4.91. The van der Waals surface area contributed by atoms with Crippen molar-refractivity contribution in [2.75, 3.05) is 13.1 Å². The summed E-state index contributed by atoms with van der Waals surface area (Å²) in [6.07, 6.45) is 2.55. The van der Waals surface area contributed by atoms with Crippen LogP contribution in [0.15, 0.2) is 4.52 Å². The molecular formula is C11H19N3O. The van der Waals surface area contributed by atoms with E-state index in [0.29, 0.717) is 0 Å². The molecule has 0 saturated carbocycles. The highest BCUT2D eigenvalue weighted by atomic mass is 16.5. The lowest BCUT2D eigenvalue weighted by atomic mass is 9.98. The Kier molecular flexibility index (Phi) is 3.05. The van der Waals surface area contributed by atoms with Gasteiger partial charge >= 0.3 is 0 Å². The van der Waals surface area contributed by atoms with Crippen LogP contribution in [0, 0.1) is 12.8 Å². The first-order valence-corrected chi connectivity index (χ1v) is 5.71. The van der Waals surface area contributed by atoms with Crippen molar-refractivity contribution in [3.63, 3.8) is 0 Å². The summed E-state index contributed by atoms with van der Waals surface area (Å²) >= 11 is 0. The van der Waals surface area contributed by atoms with Gasteiger partial charge in [-0.05, 0) is 45.7 Å². The number of hydrogen-bond acceptors (Lipinski definition) is 4. The predicted molar refractivity (Wildman–Crippen MR) is 57.4 cm³/mol. The monoisotopic (exact) mass is 209 g/mol. The van der Waals surface area contributed by atoms with E-state index >= 15 is 0 Å². The maximum atomic E-state index is 5.20. The molecule has 0 unspecified atom stereocenters. The minimum absolute atomic E-state index is 0.263. The SMILES string of the molecule is Cc1noc([C@H](C)N2CCC(C)CC2)n1. The summed E-state index contributed by atoms with van der Waals surface area (Å²) in [6, 6.07) is 0.263. The predicted octanol–water partition coefficient (Wildman–Crippen LogP) is 2.17. The lowest BCUT2D eigenvalue weighted by Crippen LogP contribution is -2.35. The van der Waals surface area contributed by atoms with Gasteiger partial charge in [-0.1, -0.05) is 12.1 Å². The van der Waals surface area contributed by atoms with Crippen LogP contribution in [0.5, 0.6) is 0 Å². The molecule has 84 valence electrons.